The lowest BCUT2D eigenvalue weighted by atomic mass is 9.88. The van der Waals surface area contributed by atoms with E-state index in [1.807, 2.05) is 30.3 Å². The summed E-state index contributed by atoms with van der Waals surface area (Å²) in [5.74, 6) is 2.28. The zero-order valence-electron chi connectivity index (χ0n) is 13.7. The van der Waals surface area contributed by atoms with Gasteiger partial charge in [-0.3, -0.25) is 4.79 Å². The quantitative estimate of drug-likeness (QED) is 0.774. The number of rotatable bonds is 7. The topological polar surface area (TPSA) is 38.3 Å². The lowest BCUT2D eigenvalue weighted by molar-refractivity contribution is -0.119. The Morgan fingerprint density at radius 1 is 1.12 bits per heavy atom. The molecule has 1 aliphatic rings. The minimum Gasteiger partial charge on any atom is -0.493 e. The van der Waals surface area contributed by atoms with E-state index >= 15 is 0 Å². The molecule has 0 heterocycles. The molecule has 0 radical (unpaired) electrons. The van der Waals surface area contributed by atoms with Crippen molar-refractivity contribution in [1.29, 1.82) is 0 Å². The van der Waals surface area contributed by atoms with Crippen LogP contribution in [-0.4, -0.2) is 24.0 Å². The number of hydrogen-bond acceptors (Lipinski definition) is 3. The number of aryl methyl sites for hydroxylation is 1. The molecule has 2 aromatic carbocycles. The number of fused-ring (bicyclic) bond motifs is 1. The van der Waals surface area contributed by atoms with Gasteiger partial charge in [0.25, 0.3) is 0 Å². The summed E-state index contributed by atoms with van der Waals surface area (Å²) < 4.78 is 5.63. The Bertz CT molecular complexity index is 660. The average molecular weight is 341 g/mol. The van der Waals surface area contributed by atoms with Gasteiger partial charge in [0.05, 0.1) is 18.4 Å². The number of benzene rings is 2. The van der Waals surface area contributed by atoms with Gasteiger partial charge in [-0.2, -0.15) is 0 Å². The molecule has 0 aliphatic heterocycles. The van der Waals surface area contributed by atoms with E-state index in [1.54, 1.807) is 11.8 Å². The predicted molar refractivity (Wildman–Crippen MR) is 99.5 cm³/mol. The van der Waals surface area contributed by atoms with Gasteiger partial charge in [-0.15, -0.1) is 11.8 Å². The van der Waals surface area contributed by atoms with Crippen molar-refractivity contribution in [3.05, 3.63) is 65.7 Å². The largest absolute Gasteiger partial charge is 0.493 e. The van der Waals surface area contributed by atoms with E-state index in [4.69, 9.17) is 4.74 Å². The van der Waals surface area contributed by atoms with Crippen LogP contribution in [0.1, 0.15) is 30.0 Å². The van der Waals surface area contributed by atoms with E-state index in [-0.39, 0.29) is 11.9 Å². The number of hydrogen-bond donors (Lipinski definition) is 1. The maximum atomic E-state index is 12.2. The Balaban J connectivity index is 1.37. The summed E-state index contributed by atoms with van der Waals surface area (Å²) in [6.07, 6.45) is 3.29. The number of nitrogens with one attached hydrogen (secondary N) is 1. The molecule has 0 saturated carbocycles. The minimum absolute atomic E-state index is 0.112. The second-order valence-electron chi connectivity index (χ2n) is 5.93. The molecule has 0 spiro atoms. The van der Waals surface area contributed by atoms with Crippen LogP contribution in [0.5, 0.6) is 5.75 Å². The summed E-state index contributed by atoms with van der Waals surface area (Å²) in [4.78, 5) is 12.2. The van der Waals surface area contributed by atoms with Gasteiger partial charge in [0, 0.05) is 5.75 Å². The van der Waals surface area contributed by atoms with Crippen LogP contribution in [0.3, 0.4) is 0 Å². The number of carbonyl (C=O) groups excluding carboxylic acids is 1. The van der Waals surface area contributed by atoms with Crippen molar-refractivity contribution in [2.24, 2.45) is 0 Å². The molecular weight excluding hydrogens is 318 g/mol. The third-order valence-electron chi connectivity index (χ3n) is 4.18. The third-order valence-corrected chi connectivity index (χ3v) is 5.10. The molecule has 0 aromatic heterocycles. The van der Waals surface area contributed by atoms with E-state index in [0.717, 1.165) is 30.8 Å². The van der Waals surface area contributed by atoms with Gasteiger partial charge in [0.2, 0.25) is 5.91 Å². The Labute approximate surface area is 147 Å². The molecule has 3 rings (SSSR count). The maximum absolute atomic E-state index is 12.2. The molecule has 4 heteroatoms. The Hall–Kier alpha value is -1.94. The molecule has 0 bridgehead atoms. The van der Waals surface area contributed by atoms with Crippen molar-refractivity contribution in [3.63, 3.8) is 0 Å². The van der Waals surface area contributed by atoms with Crippen molar-refractivity contribution in [3.8, 4) is 5.75 Å². The smallest absolute Gasteiger partial charge is 0.230 e. The van der Waals surface area contributed by atoms with Crippen LogP contribution in [0.2, 0.25) is 0 Å². The van der Waals surface area contributed by atoms with Crippen LogP contribution in [0.25, 0.3) is 0 Å². The Morgan fingerprint density at radius 3 is 2.79 bits per heavy atom. The number of para-hydroxylation sites is 1. The molecule has 3 nitrogen and oxygen atoms in total. The highest BCUT2D eigenvalue weighted by Gasteiger charge is 2.21. The van der Waals surface area contributed by atoms with Crippen molar-refractivity contribution >= 4 is 17.7 Å². The minimum atomic E-state index is 0.112. The molecule has 0 unspecified atom stereocenters. The molecule has 1 aliphatic carbocycles. The van der Waals surface area contributed by atoms with Gasteiger partial charge in [-0.25, -0.2) is 0 Å². The fourth-order valence-corrected chi connectivity index (χ4v) is 3.65. The first-order valence-corrected chi connectivity index (χ1v) is 9.61. The zero-order valence-corrected chi connectivity index (χ0v) is 14.6. The normalized spacial score (nSPS) is 16.2. The van der Waals surface area contributed by atoms with Gasteiger partial charge in [0.15, 0.2) is 0 Å². The van der Waals surface area contributed by atoms with Crippen molar-refractivity contribution in [2.75, 3.05) is 18.1 Å². The Kier molecular flexibility index (Phi) is 6.19. The maximum Gasteiger partial charge on any atom is 0.230 e. The number of carbonyl (C=O) groups is 1. The van der Waals surface area contributed by atoms with E-state index in [9.17, 15) is 4.79 Å². The SMILES string of the molecule is O=C(CSCCOc1ccccc1)N[C@H]1CCCc2ccccc21. The van der Waals surface area contributed by atoms with Crippen LogP contribution in [0.4, 0.5) is 0 Å². The van der Waals surface area contributed by atoms with E-state index < -0.39 is 0 Å². The van der Waals surface area contributed by atoms with Gasteiger partial charge < -0.3 is 10.1 Å². The van der Waals surface area contributed by atoms with Gasteiger partial charge in [-0.05, 0) is 42.5 Å². The van der Waals surface area contributed by atoms with Crippen molar-refractivity contribution < 1.29 is 9.53 Å². The van der Waals surface area contributed by atoms with Gasteiger partial charge in [0.1, 0.15) is 5.75 Å². The molecule has 1 atom stereocenters. The number of ether oxygens (including phenoxy) is 1. The van der Waals surface area contributed by atoms with Gasteiger partial charge in [-0.1, -0.05) is 42.5 Å². The third kappa shape index (κ3) is 4.78. The average Bonchev–Trinajstić information content (AvgIpc) is 2.63. The van der Waals surface area contributed by atoms with Crippen molar-refractivity contribution in [2.45, 2.75) is 25.3 Å². The molecule has 0 fully saturated rings. The first kappa shape index (κ1) is 16.9. The fourth-order valence-electron chi connectivity index (χ4n) is 3.04. The summed E-state index contributed by atoms with van der Waals surface area (Å²) in [5.41, 5.74) is 2.66. The monoisotopic (exact) mass is 341 g/mol. The zero-order chi connectivity index (χ0) is 16.6. The summed E-state index contributed by atoms with van der Waals surface area (Å²) in [6.45, 7) is 0.619. The van der Waals surface area contributed by atoms with Crippen LogP contribution in [0.15, 0.2) is 54.6 Å². The van der Waals surface area contributed by atoms with Crippen molar-refractivity contribution in [1.82, 2.24) is 5.32 Å². The first-order chi connectivity index (χ1) is 11.8. The van der Waals surface area contributed by atoms with Crippen LogP contribution >= 0.6 is 11.8 Å². The standard InChI is InChI=1S/C20H23NO2S/c22-20(15-24-14-13-23-17-9-2-1-3-10-17)21-19-12-6-8-16-7-4-5-11-18(16)19/h1-5,7,9-11,19H,6,8,12-15H2,(H,21,22)/t19-/m0/s1. The predicted octanol–water partition coefficient (Wildman–Crippen LogP) is 3.99. The highest BCUT2D eigenvalue weighted by atomic mass is 32.2. The van der Waals surface area contributed by atoms with Gasteiger partial charge >= 0.3 is 0 Å². The molecule has 2 aromatic rings. The van der Waals surface area contributed by atoms with E-state index in [2.05, 4.69) is 29.6 Å². The number of amides is 1. The molecular formula is C20H23NO2S. The van der Waals surface area contributed by atoms with E-state index in [0.29, 0.717) is 12.4 Å². The lowest BCUT2D eigenvalue weighted by Gasteiger charge is -2.26. The van der Waals surface area contributed by atoms with E-state index in [1.165, 1.54) is 11.1 Å². The summed E-state index contributed by atoms with van der Waals surface area (Å²) in [5, 5.41) is 3.18. The van der Waals surface area contributed by atoms with Crippen LogP contribution < -0.4 is 10.1 Å². The molecule has 126 valence electrons. The second-order valence-corrected chi connectivity index (χ2v) is 7.03. The molecule has 1 amide bonds. The fraction of sp³-hybridized carbons (Fsp3) is 0.350. The first-order valence-electron chi connectivity index (χ1n) is 8.46. The van der Waals surface area contributed by atoms with Crippen LogP contribution in [0, 0.1) is 0 Å². The second kappa shape index (κ2) is 8.78. The Morgan fingerprint density at radius 2 is 1.92 bits per heavy atom. The lowest BCUT2D eigenvalue weighted by Crippen LogP contribution is -2.32. The van der Waals surface area contributed by atoms with Crippen LogP contribution in [-0.2, 0) is 11.2 Å². The summed E-state index contributed by atoms with van der Waals surface area (Å²) >= 11 is 1.61. The summed E-state index contributed by atoms with van der Waals surface area (Å²) in [6, 6.07) is 18.4. The highest BCUT2D eigenvalue weighted by Crippen LogP contribution is 2.29. The number of thioether (sulfide) groups is 1. The molecule has 24 heavy (non-hydrogen) atoms. The summed E-state index contributed by atoms with van der Waals surface area (Å²) in [7, 11) is 0. The molecule has 0 saturated heterocycles. The highest BCUT2D eigenvalue weighted by molar-refractivity contribution is 7.99. The molecule has 1 N–H and O–H groups in total.